The summed E-state index contributed by atoms with van der Waals surface area (Å²) in [6.45, 7) is 0. The average Bonchev–Trinajstić information content (AvgIpc) is 2.62. The fraction of sp³-hybridized carbons (Fsp3) is 0.333. The average molecular weight is 406 g/mol. The zero-order valence-corrected chi connectivity index (χ0v) is 15.0. The summed E-state index contributed by atoms with van der Waals surface area (Å²) in [4.78, 5) is 0. The lowest BCUT2D eigenvalue weighted by Gasteiger charge is -2.47. The van der Waals surface area contributed by atoms with Crippen molar-refractivity contribution in [3.63, 3.8) is 0 Å². The molecule has 9 heteroatoms. The SMILES string of the molecule is FC(F)(F)C1(C(F)(F)F)CCC[Si](Oc2ccccc2)(c2ccccc2)O1. The van der Waals surface area contributed by atoms with Crippen molar-refractivity contribution in [2.75, 3.05) is 0 Å². The van der Waals surface area contributed by atoms with Gasteiger partial charge in [-0.1, -0.05) is 48.5 Å². The van der Waals surface area contributed by atoms with E-state index >= 15 is 0 Å². The fourth-order valence-corrected chi connectivity index (χ4v) is 6.74. The van der Waals surface area contributed by atoms with Gasteiger partial charge in [-0.15, -0.1) is 0 Å². The van der Waals surface area contributed by atoms with Crippen LogP contribution >= 0.6 is 0 Å². The van der Waals surface area contributed by atoms with E-state index in [0.717, 1.165) is 0 Å². The third-order valence-corrected chi connectivity index (χ3v) is 8.00. The number of hydrogen-bond acceptors (Lipinski definition) is 2. The molecule has 0 N–H and O–H groups in total. The summed E-state index contributed by atoms with van der Waals surface area (Å²) in [5, 5.41) is 0.228. The van der Waals surface area contributed by atoms with Gasteiger partial charge in [-0.3, -0.25) is 0 Å². The maximum Gasteiger partial charge on any atom is 0.434 e. The van der Waals surface area contributed by atoms with E-state index in [9.17, 15) is 26.3 Å². The van der Waals surface area contributed by atoms with Gasteiger partial charge in [0.05, 0.1) is 0 Å². The first-order chi connectivity index (χ1) is 12.6. The molecule has 1 atom stereocenters. The van der Waals surface area contributed by atoms with Crippen LogP contribution in [0.5, 0.6) is 5.75 Å². The van der Waals surface area contributed by atoms with Gasteiger partial charge in [0.1, 0.15) is 5.75 Å². The highest BCUT2D eigenvalue weighted by atomic mass is 28.4. The van der Waals surface area contributed by atoms with E-state index < -0.39 is 32.9 Å². The van der Waals surface area contributed by atoms with Crippen LogP contribution in [-0.2, 0) is 4.43 Å². The van der Waals surface area contributed by atoms with Crippen LogP contribution in [0.25, 0.3) is 0 Å². The van der Waals surface area contributed by atoms with Crippen molar-refractivity contribution in [1.29, 1.82) is 0 Å². The van der Waals surface area contributed by atoms with Gasteiger partial charge in [0.15, 0.2) is 0 Å². The van der Waals surface area contributed by atoms with Gasteiger partial charge in [0.25, 0.3) is 5.60 Å². The van der Waals surface area contributed by atoms with Crippen LogP contribution in [0.1, 0.15) is 12.8 Å². The second-order valence-corrected chi connectivity index (χ2v) is 9.30. The van der Waals surface area contributed by atoms with Crippen LogP contribution in [0, 0.1) is 0 Å². The Bertz CT molecular complexity index is 749. The van der Waals surface area contributed by atoms with Crippen LogP contribution in [0.4, 0.5) is 26.3 Å². The van der Waals surface area contributed by atoms with Crippen LogP contribution in [-0.4, -0.2) is 26.5 Å². The second-order valence-electron chi connectivity index (χ2n) is 6.31. The first-order valence-corrected chi connectivity index (χ1v) is 10.3. The minimum absolute atomic E-state index is 0.0141. The third-order valence-electron chi connectivity index (χ3n) is 4.53. The number of halogens is 6. The van der Waals surface area contributed by atoms with E-state index in [0.29, 0.717) is 0 Å². The molecule has 0 aromatic heterocycles. The molecule has 0 saturated carbocycles. The van der Waals surface area contributed by atoms with Crippen molar-refractivity contribution in [3.8, 4) is 5.75 Å². The van der Waals surface area contributed by atoms with Crippen molar-refractivity contribution in [1.82, 2.24) is 0 Å². The molecule has 2 aromatic rings. The lowest BCUT2D eigenvalue weighted by atomic mass is 9.96. The molecular formula is C18H16F6O2Si. The summed E-state index contributed by atoms with van der Waals surface area (Å²) in [5.41, 5.74) is -4.24. The molecule has 0 amide bonds. The van der Waals surface area contributed by atoms with Gasteiger partial charge in [-0.05, 0) is 25.0 Å². The predicted octanol–water partition coefficient (Wildman–Crippen LogP) is 5.09. The topological polar surface area (TPSA) is 18.5 Å². The Morgan fingerprint density at radius 1 is 0.815 bits per heavy atom. The second kappa shape index (κ2) is 6.86. The Morgan fingerprint density at radius 2 is 1.33 bits per heavy atom. The third kappa shape index (κ3) is 3.57. The van der Waals surface area contributed by atoms with E-state index in [-0.39, 0.29) is 23.4 Å². The Kier molecular flexibility index (Phi) is 5.02. The van der Waals surface area contributed by atoms with E-state index in [4.69, 9.17) is 8.85 Å². The van der Waals surface area contributed by atoms with E-state index in [2.05, 4.69) is 0 Å². The van der Waals surface area contributed by atoms with Crippen molar-refractivity contribution in [2.24, 2.45) is 0 Å². The Balaban J connectivity index is 2.13. The Hall–Kier alpha value is -2.00. The number of hydrogen-bond donors (Lipinski definition) is 0. The summed E-state index contributed by atoms with van der Waals surface area (Å²) in [5.74, 6) is 0.174. The summed E-state index contributed by atoms with van der Waals surface area (Å²) in [6, 6.07) is 15.4. The summed E-state index contributed by atoms with van der Waals surface area (Å²) in [6.07, 6.45) is -12.7. The standard InChI is InChI=1S/C18H16F6O2Si/c19-17(20,21)16(18(22,23)24)12-7-13-27(26-16,15-10-5-2-6-11-15)25-14-8-3-1-4-9-14/h1-6,8-11H,7,12-13H2. The first kappa shape index (κ1) is 19.8. The highest BCUT2D eigenvalue weighted by Crippen LogP contribution is 2.53. The lowest BCUT2D eigenvalue weighted by molar-refractivity contribution is -0.367. The van der Waals surface area contributed by atoms with Gasteiger partial charge in [-0.2, -0.15) is 26.3 Å². The predicted molar refractivity (Wildman–Crippen MR) is 88.9 cm³/mol. The highest BCUT2D eigenvalue weighted by Gasteiger charge is 2.76. The van der Waals surface area contributed by atoms with Crippen LogP contribution in [0.3, 0.4) is 0 Å². The molecule has 1 saturated heterocycles. The number of benzene rings is 2. The number of para-hydroxylation sites is 1. The largest absolute Gasteiger partial charge is 0.517 e. The molecule has 0 spiro atoms. The lowest BCUT2D eigenvalue weighted by Crippen LogP contribution is -2.71. The monoisotopic (exact) mass is 406 g/mol. The molecule has 2 aromatic carbocycles. The molecule has 27 heavy (non-hydrogen) atoms. The molecule has 1 unspecified atom stereocenters. The molecule has 0 aliphatic carbocycles. The van der Waals surface area contributed by atoms with Gasteiger partial charge in [-0.25, -0.2) is 0 Å². The van der Waals surface area contributed by atoms with Crippen molar-refractivity contribution in [3.05, 3.63) is 60.7 Å². The van der Waals surface area contributed by atoms with Crippen LogP contribution in [0.15, 0.2) is 60.7 Å². The highest BCUT2D eigenvalue weighted by molar-refractivity contribution is 6.82. The fourth-order valence-electron chi connectivity index (χ4n) is 3.22. The van der Waals surface area contributed by atoms with Crippen LogP contribution in [0.2, 0.25) is 6.04 Å². The quantitative estimate of drug-likeness (QED) is 0.522. The number of rotatable bonds is 3. The van der Waals surface area contributed by atoms with Crippen molar-refractivity contribution >= 4 is 13.7 Å². The van der Waals surface area contributed by atoms with E-state index in [1.165, 1.54) is 24.3 Å². The zero-order chi connectivity index (χ0) is 19.8. The zero-order valence-electron chi connectivity index (χ0n) is 14.0. The molecule has 0 bridgehead atoms. The molecule has 146 valence electrons. The van der Waals surface area contributed by atoms with Gasteiger partial charge < -0.3 is 8.85 Å². The van der Waals surface area contributed by atoms with Gasteiger partial charge in [0.2, 0.25) is 0 Å². The summed E-state index contributed by atoms with van der Waals surface area (Å²) < 4.78 is 92.5. The minimum Gasteiger partial charge on any atom is -0.517 e. The first-order valence-electron chi connectivity index (χ1n) is 8.23. The molecule has 2 nitrogen and oxygen atoms in total. The maximum absolute atomic E-state index is 13.6. The Morgan fingerprint density at radius 3 is 1.85 bits per heavy atom. The van der Waals surface area contributed by atoms with E-state index in [1.807, 2.05) is 0 Å². The minimum atomic E-state index is -5.61. The smallest absolute Gasteiger partial charge is 0.434 e. The number of alkyl halides is 6. The molecule has 1 aliphatic rings. The normalized spacial score (nSPS) is 23.0. The summed E-state index contributed by atoms with van der Waals surface area (Å²) >= 11 is 0. The summed E-state index contributed by atoms with van der Waals surface area (Å²) in [7, 11) is -4.09. The Labute approximate surface area is 153 Å². The molecule has 1 fully saturated rings. The molecule has 0 radical (unpaired) electrons. The molecular weight excluding hydrogens is 390 g/mol. The molecule has 3 rings (SSSR count). The van der Waals surface area contributed by atoms with Gasteiger partial charge in [0, 0.05) is 11.2 Å². The van der Waals surface area contributed by atoms with Gasteiger partial charge >= 0.3 is 20.9 Å². The molecule has 1 aliphatic heterocycles. The molecule has 1 heterocycles. The van der Waals surface area contributed by atoms with Crippen molar-refractivity contribution in [2.45, 2.75) is 36.8 Å². The van der Waals surface area contributed by atoms with Crippen molar-refractivity contribution < 1.29 is 35.2 Å². The maximum atomic E-state index is 13.6. The van der Waals surface area contributed by atoms with E-state index in [1.54, 1.807) is 36.4 Å². The van der Waals surface area contributed by atoms with Crippen LogP contribution < -0.4 is 9.61 Å².